The van der Waals surface area contributed by atoms with E-state index in [1.54, 1.807) is 6.26 Å². The van der Waals surface area contributed by atoms with Crippen LogP contribution >= 0.6 is 0 Å². The number of fused-ring (bicyclic) bond motifs is 8. The highest BCUT2D eigenvalue weighted by molar-refractivity contribution is 5.62. The molecule has 0 spiro atoms. The van der Waals surface area contributed by atoms with E-state index in [4.69, 9.17) is 4.42 Å². The van der Waals surface area contributed by atoms with Crippen LogP contribution in [-0.2, 0) is 11.0 Å². The lowest BCUT2D eigenvalue weighted by molar-refractivity contribution is -0.0445. The second kappa shape index (κ2) is 5.82. The van der Waals surface area contributed by atoms with Crippen LogP contribution in [0.1, 0.15) is 53.2 Å². The highest BCUT2D eigenvalue weighted by Crippen LogP contribution is 2.60. The standard InChI is InChI=1S/C25H25NO2/c27-25(23-10-5-15-28-23)11-13-26(14-12-25)17-24-16-20(18-6-1-3-8-21(18)24)19-7-2-4-9-22(19)24/h1-10,15,20,27H,11-14,16-17H2. The Morgan fingerprint density at radius 1 is 0.893 bits per heavy atom. The predicted molar refractivity (Wildman–Crippen MR) is 108 cm³/mol. The van der Waals surface area contributed by atoms with Gasteiger partial charge in [-0.05, 0) is 53.6 Å². The number of furan rings is 1. The summed E-state index contributed by atoms with van der Waals surface area (Å²) in [5.74, 6) is 1.25. The Bertz CT molecular complexity index is 967. The zero-order valence-corrected chi connectivity index (χ0v) is 16.0. The highest BCUT2D eigenvalue weighted by atomic mass is 16.4. The summed E-state index contributed by atoms with van der Waals surface area (Å²) in [5.41, 5.74) is 5.35. The van der Waals surface area contributed by atoms with E-state index in [1.165, 1.54) is 28.7 Å². The molecule has 142 valence electrons. The Labute approximate surface area is 165 Å². The Kier molecular flexibility index (Phi) is 3.45. The SMILES string of the molecule is OC1(c2ccco2)CCN(CC23CC(c4ccccc42)c2ccccc23)CC1. The molecule has 3 aliphatic rings. The number of hydrogen-bond donors (Lipinski definition) is 1. The summed E-state index contributed by atoms with van der Waals surface area (Å²) in [4.78, 5) is 2.55. The number of hydrogen-bond acceptors (Lipinski definition) is 3. The van der Waals surface area contributed by atoms with Crippen molar-refractivity contribution in [3.05, 3.63) is 94.9 Å². The van der Waals surface area contributed by atoms with Gasteiger partial charge in [0.1, 0.15) is 11.4 Å². The predicted octanol–water partition coefficient (Wildman–Crippen LogP) is 4.40. The third kappa shape index (κ3) is 2.17. The van der Waals surface area contributed by atoms with Crippen LogP contribution in [-0.4, -0.2) is 29.6 Å². The van der Waals surface area contributed by atoms with E-state index in [0.29, 0.717) is 11.7 Å². The molecule has 28 heavy (non-hydrogen) atoms. The molecule has 3 aromatic rings. The fourth-order valence-corrected chi connectivity index (χ4v) is 6.06. The van der Waals surface area contributed by atoms with Crippen LogP contribution in [0, 0.1) is 0 Å². The molecule has 0 atom stereocenters. The Morgan fingerprint density at radius 2 is 1.54 bits per heavy atom. The van der Waals surface area contributed by atoms with Crippen molar-refractivity contribution in [1.29, 1.82) is 0 Å². The zero-order valence-electron chi connectivity index (χ0n) is 16.0. The number of nitrogens with zero attached hydrogens (tertiary/aromatic N) is 1. The van der Waals surface area contributed by atoms with Crippen LogP contribution in [0.2, 0.25) is 0 Å². The first-order valence-electron chi connectivity index (χ1n) is 10.4. The maximum atomic E-state index is 11.0. The van der Waals surface area contributed by atoms with Crippen molar-refractivity contribution < 1.29 is 9.52 Å². The van der Waals surface area contributed by atoms with E-state index in [-0.39, 0.29) is 5.41 Å². The molecule has 0 amide bonds. The van der Waals surface area contributed by atoms with Crippen LogP contribution in [0.15, 0.2) is 71.3 Å². The van der Waals surface area contributed by atoms with Crippen LogP contribution < -0.4 is 0 Å². The van der Waals surface area contributed by atoms with Gasteiger partial charge in [0.25, 0.3) is 0 Å². The van der Waals surface area contributed by atoms with Gasteiger partial charge in [0.2, 0.25) is 0 Å². The maximum Gasteiger partial charge on any atom is 0.135 e. The van der Waals surface area contributed by atoms with Gasteiger partial charge in [-0.15, -0.1) is 0 Å². The molecule has 2 aliphatic carbocycles. The molecular formula is C25H25NO2. The number of rotatable bonds is 3. The molecule has 6 rings (SSSR count). The largest absolute Gasteiger partial charge is 0.466 e. The quantitative estimate of drug-likeness (QED) is 0.741. The lowest BCUT2D eigenvalue weighted by Gasteiger charge is -2.42. The fourth-order valence-electron chi connectivity index (χ4n) is 6.06. The summed E-state index contributed by atoms with van der Waals surface area (Å²) in [6.07, 6.45) is 4.29. The first kappa shape index (κ1) is 16.6. The minimum absolute atomic E-state index is 0.0952. The molecule has 1 N–H and O–H groups in total. The van der Waals surface area contributed by atoms with Crippen molar-refractivity contribution >= 4 is 0 Å². The topological polar surface area (TPSA) is 36.6 Å². The van der Waals surface area contributed by atoms with Gasteiger partial charge in [0.15, 0.2) is 0 Å². The van der Waals surface area contributed by atoms with Crippen LogP contribution in [0.3, 0.4) is 0 Å². The number of aliphatic hydroxyl groups is 1. The van der Waals surface area contributed by atoms with E-state index >= 15 is 0 Å². The van der Waals surface area contributed by atoms with Gasteiger partial charge in [-0.3, -0.25) is 0 Å². The van der Waals surface area contributed by atoms with E-state index < -0.39 is 5.60 Å². The lowest BCUT2D eigenvalue weighted by Crippen LogP contribution is -2.47. The average molecular weight is 371 g/mol. The van der Waals surface area contributed by atoms with Gasteiger partial charge in [0, 0.05) is 31.0 Å². The summed E-state index contributed by atoms with van der Waals surface area (Å²) < 4.78 is 5.52. The van der Waals surface area contributed by atoms with Crippen LogP contribution in [0.5, 0.6) is 0 Å². The zero-order chi connectivity index (χ0) is 18.8. The first-order chi connectivity index (χ1) is 13.7. The molecule has 2 heterocycles. The van der Waals surface area contributed by atoms with Crippen LogP contribution in [0.4, 0.5) is 0 Å². The van der Waals surface area contributed by atoms with E-state index in [1.807, 2.05) is 12.1 Å². The fraction of sp³-hybridized carbons (Fsp3) is 0.360. The lowest BCUT2D eigenvalue weighted by atomic mass is 9.74. The molecule has 0 radical (unpaired) electrons. The van der Waals surface area contributed by atoms with E-state index in [9.17, 15) is 5.11 Å². The van der Waals surface area contributed by atoms with Crippen molar-refractivity contribution in [1.82, 2.24) is 4.90 Å². The molecule has 0 unspecified atom stereocenters. The second-order valence-electron chi connectivity index (χ2n) is 8.80. The molecule has 1 aromatic heterocycles. The van der Waals surface area contributed by atoms with Gasteiger partial charge >= 0.3 is 0 Å². The molecule has 2 bridgehead atoms. The normalized spacial score (nSPS) is 27.5. The van der Waals surface area contributed by atoms with Crippen LogP contribution in [0.25, 0.3) is 0 Å². The molecule has 1 fully saturated rings. The maximum absolute atomic E-state index is 11.0. The van der Waals surface area contributed by atoms with E-state index in [0.717, 1.165) is 32.5 Å². The smallest absolute Gasteiger partial charge is 0.135 e. The Hall–Kier alpha value is -2.36. The van der Waals surface area contributed by atoms with Crippen molar-refractivity contribution in [3.8, 4) is 0 Å². The summed E-state index contributed by atoms with van der Waals surface area (Å²) in [7, 11) is 0. The van der Waals surface area contributed by atoms with Gasteiger partial charge in [-0.1, -0.05) is 48.5 Å². The van der Waals surface area contributed by atoms with Gasteiger partial charge < -0.3 is 14.4 Å². The van der Waals surface area contributed by atoms with Crippen molar-refractivity contribution in [2.45, 2.75) is 36.2 Å². The molecule has 0 saturated carbocycles. The number of benzene rings is 2. The monoisotopic (exact) mass is 371 g/mol. The third-order valence-corrected chi connectivity index (χ3v) is 7.41. The van der Waals surface area contributed by atoms with Crippen molar-refractivity contribution in [3.63, 3.8) is 0 Å². The summed E-state index contributed by atoms with van der Waals surface area (Å²) in [6, 6.07) is 21.8. The number of piperidine rings is 1. The Morgan fingerprint density at radius 3 is 2.14 bits per heavy atom. The van der Waals surface area contributed by atoms with Crippen molar-refractivity contribution in [2.24, 2.45) is 0 Å². The molecular weight excluding hydrogens is 346 g/mol. The molecule has 1 aliphatic heterocycles. The van der Waals surface area contributed by atoms with Gasteiger partial charge in [0.05, 0.1) is 6.26 Å². The molecule has 3 nitrogen and oxygen atoms in total. The van der Waals surface area contributed by atoms with Gasteiger partial charge in [-0.25, -0.2) is 0 Å². The van der Waals surface area contributed by atoms with Gasteiger partial charge in [-0.2, -0.15) is 0 Å². The molecule has 1 saturated heterocycles. The third-order valence-electron chi connectivity index (χ3n) is 7.41. The summed E-state index contributed by atoms with van der Waals surface area (Å²) in [5, 5.41) is 11.0. The second-order valence-corrected chi connectivity index (χ2v) is 8.80. The highest BCUT2D eigenvalue weighted by Gasteiger charge is 2.53. The first-order valence-corrected chi connectivity index (χ1v) is 10.4. The average Bonchev–Trinajstić information content (AvgIpc) is 3.45. The van der Waals surface area contributed by atoms with Crippen molar-refractivity contribution in [2.75, 3.05) is 19.6 Å². The summed E-state index contributed by atoms with van der Waals surface area (Å²) >= 11 is 0. The molecule has 3 heteroatoms. The minimum Gasteiger partial charge on any atom is -0.466 e. The summed E-state index contributed by atoms with van der Waals surface area (Å²) in [6.45, 7) is 2.83. The number of likely N-dealkylation sites (tertiary alicyclic amines) is 1. The Balaban J connectivity index is 1.31. The minimum atomic E-state index is -0.818. The molecule has 2 aromatic carbocycles. The van der Waals surface area contributed by atoms with E-state index in [2.05, 4.69) is 53.4 Å².